The fourth-order valence-corrected chi connectivity index (χ4v) is 2.71. The minimum atomic E-state index is -0.653. The Morgan fingerprint density at radius 2 is 2.08 bits per heavy atom. The van der Waals surface area contributed by atoms with Gasteiger partial charge in [0.2, 0.25) is 0 Å². The fraction of sp³-hybridized carbons (Fsp3) is 0.471. The number of rotatable bonds is 7. The Bertz CT molecular complexity index is 712. The maximum absolute atomic E-state index is 12.0. The molecule has 0 aliphatic rings. The van der Waals surface area contributed by atoms with E-state index in [1.54, 1.807) is 13.1 Å². The van der Waals surface area contributed by atoms with E-state index in [0.717, 1.165) is 11.5 Å². The van der Waals surface area contributed by atoms with Crippen LogP contribution < -0.4 is 15.4 Å². The van der Waals surface area contributed by atoms with E-state index in [-0.39, 0.29) is 18.1 Å². The van der Waals surface area contributed by atoms with Crippen molar-refractivity contribution < 1.29 is 14.6 Å². The normalized spacial score (nSPS) is 12.7. The fourth-order valence-electron chi connectivity index (χ4n) is 2.09. The standard InChI is InChI=1S/C17H24N4O3S/c1-17(2,3)19-9-11(22)10-24-13-8-6-5-7-12(13)14-15(16(23)18-4)25-21-20-14/h5-8,11,19,22H,9-10H2,1-4H3,(H,18,23). The van der Waals surface area contributed by atoms with Crippen LogP contribution in [0.4, 0.5) is 0 Å². The topological polar surface area (TPSA) is 96.4 Å². The van der Waals surface area contributed by atoms with Gasteiger partial charge in [0.15, 0.2) is 0 Å². The summed E-state index contributed by atoms with van der Waals surface area (Å²) in [4.78, 5) is 12.4. The molecule has 1 amide bonds. The van der Waals surface area contributed by atoms with Crippen LogP contribution in [0.1, 0.15) is 30.4 Å². The Kier molecular flexibility index (Phi) is 6.46. The largest absolute Gasteiger partial charge is 0.490 e. The van der Waals surface area contributed by atoms with Gasteiger partial charge in [0.05, 0.1) is 0 Å². The molecule has 0 saturated heterocycles. The Hall–Kier alpha value is -2.03. The molecule has 0 fully saturated rings. The van der Waals surface area contributed by atoms with Gasteiger partial charge in [0, 0.05) is 24.7 Å². The van der Waals surface area contributed by atoms with Gasteiger partial charge in [-0.3, -0.25) is 4.79 Å². The lowest BCUT2D eigenvalue weighted by molar-refractivity contribution is 0.0966. The third-order valence-electron chi connectivity index (χ3n) is 3.36. The van der Waals surface area contributed by atoms with Gasteiger partial charge < -0.3 is 20.5 Å². The molecule has 1 heterocycles. The Labute approximate surface area is 151 Å². The van der Waals surface area contributed by atoms with Gasteiger partial charge in [-0.15, -0.1) is 5.10 Å². The van der Waals surface area contributed by atoms with E-state index >= 15 is 0 Å². The number of para-hydroxylation sites is 1. The van der Waals surface area contributed by atoms with Crippen LogP contribution in [0.5, 0.6) is 5.75 Å². The molecule has 0 aliphatic heterocycles. The highest BCUT2D eigenvalue weighted by Crippen LogP contribution is 2.32. The van der Waals surface area contributed by atoms with E-state index in [1.165, 1.54) is 0 Å². The van der Waals surface area contributed by atoms with Gasteiger partial charge in [-0.05, 0) is 44.4 Å². The Balaban J connectivity index is 2.11. The average Bonchev–Trinajstić information content (AvgIpc) is 3.06. The molecule has 1 atom stereocenters. The van der Waals surface area contributed by atoms with Crippen molar-refractivity contribution in [1.29, 1.82) is 0 Å². The van der Waals surface area contributed by atoms with Crippen molar-refractivity contribution in [2.24, 2.45) is 0 Å². The second kappa shape index (κ2) is 8.37. The lowest BCUT2D eigenvalue weighted by Gasteiger charge is -2.23. The molecule has 0 radical (unpaired) electrons. The van der Waals surface area contributed by atoms with Crippen molar-refractivity contribution in [3.8, 4) is 17.0 Å². The number of β-amino-alcohol motifs (C(OH)–C–C–N with tert-alkyl or cyclic N) is 1. The zero-order valence-corrected chi connectivity index (χ0v) is 15.7. The summed E-state index contributed by atoms with van der Waals surface area (Å²) in [5, 5.41) is 20.0. The van der Waals surface area contributed by atoms with Crippen molar-refractivity contribution in [1.82, 2.24) is 20.2 Å². The van der Waals surface area contributed by atoms with Crippen LogP contribution >= 0.6 is 11.5 Å². The molecule has 1 aromatic carbocycles. The number of aromatic nitrogens is 2. The van der Waals surface area contributed by atoms with E-state index in [2.05, 4.69) is 20.2 Å². The van der Waals surface area contributed by atoms with Crippen LogP contribution in [0.3, 0.4) is 0 Å². The molecule has 0 bridgehead atoms. The first-order valence-corrected chi connectivity index (χ1v) is 8.79. The molecule has 7 nitrogen and oxygen atoms in total. The summed E-state index contributed by atoms with van der Waals surface area (Å²) in [5.74, 6) is 0.310. The number of aliphatic hydroxyl groups is 1. The summed E-state index contributed by atoms with van der Waals surface area (Å²) >= 11 is 1.03. The molecule has 136 valence electrons. The lowest BCUT2D eigenvalue weighted by Crippen LogP contribution is -2.42. The second-order valence-electron chi connectivity index (χ2n) is 6.62. The van der Waals surface area contributed by atoms with Gasteiger partial charge >= 0.3 is 0 Å². The second-order valence-corrected chi connectivity index (χ2v) is 7.38. The van der Waals surface area contributed by atoms with Crippen molar-refractivity contribution in [2.45, 2.75) is 32.4 Å². The van der Waals surface area contributed by atoms with E-state index < -0.39 is 6.10 Å². The molecule has 1 unspecified atom stereocenters. The molecular weight excluding hydrogens is 340 g/mol. The molecule has 3 N–H and O–H groups in total. The molecule has 0 saturated carbocycles. The molecule has 8 heteroatoms. The number of nitrogens with zero attached hydrogens (tertiary/aromatic N) is 2. The number of ether oxygens (including phenoxy) is 1. The minimum absolute atomic E-state index is 0.0758. The third-order valence-corrected chi connectivity index (χ3v) is 4.09. The maximum Gasteiger partial charge on any atom is 0.265 e. The van der Waals surface area contributed by atoms with Crippen molar-refractivity contribution in [3.05, 3.63) is 29.1 Å². The quantitative estimate of drug-likeness (QED) is 0.692. The first kappa shape index (κ1) is 19.3. The number of carbonyl (C=O) groups is 1. The van der Waals surface area contributed by atoms with Crippen molar-refractivity contribution >= 4 is 17.4 Å². The van der Waals surface area contributed by atoms with Gasteiger partial charge in [0.1, 0.15) is 29.0 Å². The number of carbonyl (C=O) groups excluding carboxylic acids is 1. The van der Waals surface area contributed by atoms with Crippen LogP contribution in [0.2, 0.25) is 0 Å². The summed E-state index contributed by atoms with van der Waals surface area (Å²) in [5.41, 5.74) is 1.07. The molecule has 0 aliphatic carbocycles. The van der Waals surface area contributed by atoms with Crippen LogP contribution in [-0.4, -0.2) is 52.4 Å². The zero-order chi connectivity index (χ0) is 18.4. The number of benzene rings is 1. The van der Waals surface area contributed by atoms with E-state index in [4.69, 9.17) is 4.74 Å². The molecule has 2 rings (SSSR count). The smallest absolute Gasteiger partial charge is 0.265 e. The number of hydrogen-bond acceptors (Lipinski definition) is 7. The highest BCUT2D eigenvalue weighted by Gasteiger charge is 2.20. The van der Waals surface area contributed by atoms with Crippen molar-refractivity contribution in [3.63, 3.8) is 0 Å². The number of nitrogens with one attached hydrogen (secondary N) is 2. The molecule has 25 heavy (non-hydrogen) atoms. The van der Waals surface area contributed by atoms with Crippen LogP contribution in [0.25, 0.3) is 11.3 Å². The van der Waals surface area contributed by atoms with E-state index in [0.29, 0.717) is 28.4 Å². The summed E-state index contributed by atoms with van der Waals surface area (Å²) in [6.45, 7) is 6.66. The summed E-state index contributed by atoms with van der Waals surface area (Å²) in [7, 11) is 1.56. The molecular formula is C17H24N4O3S. The molecule has 1 aromatic heterocycles. The number of amides is 1. The van der Waals surface area contributed by atoms with Gasteiger partial charge in [-0.25, -0.2) is 0 Å². The van der Waals surface area contributed by atoms with Crippen molar-refractivity contribution in [2.75, 3.05) is 20.2 Å². The van der Waals surface area contributed by atoms with Crippen LogP contribution in [0, 0.1) is 0 Å². The Morgan fingerprint density at radius 1 is 1.36 bits per heavy atom. The van der Waals surface area contributed by atoms with E-state index in [1.807, 2.05) is 39.0 Å². The monoisotopic (exact) mass is 364 g/mol. The van der Waals surface area contributed by atoms with E-state index in [9.17, 15) is 9.90 Å². The maximum atomic E-state index is 12.0. The zero-order valence-electron chi connectivity index (χ0n) is 14.9. The third kappa shape index (κ3) is 5.48. The van der Waals surface area contributed by atoms with Crippen LogP contribution in [-0.2, 0) is 0 Å². The minimum Gasteiger partial charge on any atom is -0.490 e. The summed E-state index contributed by atoms with van der Waals surface area (Å²) in [6, 6.07) is 7.27. The van der Waals surface area contributed by atoms with Crippen LogP contribution in [0.15, 0.2) is 24.3 Å². The SMILES string of the molecule is CNC(=O)c1snnc1-c1ccccc1OCC(O)CNC(C)(C)C. The predicted octanol–water partition coefficient (Wildman–Crippen LogP) is 1.69. The highest BCUT2D eigenvalue weighted by atomic mass is 32.1. The molecule has 0 spiro atoms. The lowest BCUT2D eigenvalue weighted by atomic mass is 10.1. The highest BCUT2D eigenvalue weighted by molar-refractivity contribution is 7.08. The first-order valence-electron chi connectivity index (χ1n) is 8.01. The number of aliphatic hydroxyl groups excluding tert-OH is 1. The first-order chi connectivity index (χ1) is 11.8. The summed E-state index contributed by atoms with van der Waals surface area (Å²) in [6.07, 6.45) is -0.653. The Morgan fingerprint density at radius 3 is 2.76 bits per heavy atom. The van der Waals surface area contributed by atoms with Gasteiger partial charge in [0.25, 0.3) is 5.91 Å². The van der Waals surface area contributed by atoms with Gasteiger partial charge in [-0.2, -0.15) is 0 Å². The van der Waals surface area contributed by atoms with Gasteiger partial charge in [-0.1, -0.05) is 16.6 Å². The number of hydrogen-bond donors (Lipinski definition) is 3. The molecule has 2 aromatic rings. The predicted molar refractivity (Wildman–Crippen MR) is 98.0 cm³/mol. The average molecular weight is 364 g/mol. The summed E-state index contributed by atoms with van der Waals surface area (Å²) < 4.78 is 9.65.